The van der Waals surface area contributed by atoms with E-state index in [0.717, 1.165) is 10.3 Å². The van der Waals surface area contributed by atoms with E-state index in [1.54, 1.807) is 11.0 Å². The third-order valence-corrected chi connectivity index (χ3v) is 3.47. The second-order valence-electron chi connectivity index (χ2n) is 3.52. The van der Waals surface area contributed by atoms with Crippen molar-refractivity contribution in [3.05, 3.63) is 21.3 Å². The number of hydrogen-bond acceptors (Lipinski definition) is 2. The minimum Gasteiger partial charge on any atom is -0.309 e. The number of hydrogen-bond donors (Lipinski definition) is 0. The van der Waals surface area contributed by atoms with Crippen molar-refractivity contribution in [3.8, 4) is 12.3 Å². The van der Waals surface area contributed by atoms with Gasteiger partial charge in [0.15, 0.2) is 0 Å². The molecule has 2 heterocycles. The van der Waals surface area contributed by atoms with E-state index in [4.69, 9.17) is 6.42 Å². The Bertz CT molecular complexity index is 481. The number of halogens is 2. The minimum absolute atomic E-state index is 0.00282. The first-order valence-electron chi connectivity index (χ1n) is 4.70. The highest BCUT2D eigenvalue weighted by Gasteiger charge is 2.30. The Hall–Kier alpha value is -0.860. The van der Waals surface area contributed by atoms with Crippen LogP contribution in [0.3, 0.4) is 0 Å². The van der Waals surface area contributed by atoms with Crippen LogP contribution in [0.4, 0.5) is 5.69 Å². The van der Waals surface area contributed by atoms with Gasteiger partial charge in [-0.1, -0.05) is 0 Å². The molecule has 5 heteroatoms. The Labute approximate surface area is 110 Å². The number of amides is 1. The summed E-state index contributed by atoms with van der Waals surface area (Å²) in [6.45, 7) is 0.567. The summed E-state index contributed by atoms with van der Waals surface area (Å²) in [7, 11) is 0. The molecule has 1 saturated heterocycles. The van der Waals surface area contributed by atoms with Gasteiger partial charge in [-0.25, -0.2) is 4.98 Å². The predicted molar refractivity (Wildman–Crippen MR) is 68.9 cm³/mol. The largest absolute Gasteiger partial charge is 0.309 e. The Morgan fingerprint density at radius 1 is 1.50 bits per heavy atom. The van der Waals surface area contributed by atoms with Gasteiger partial charge in [0, 0.05) is 18.9 Å². The molecule has 2 rings (SSSR count). The van der Waals surface area contributed by atoms with Gasteiger partial charge >= 0.3 is 0 Å². The number of terminal acetylenes is 1. The first kappa shape index (κ1) is 11.6. The van der Waals surface area contributed by atoms with Crippen molar-refractivity contribution in [2.45, 2.75) is 6.42 Å². The number of aromatic nitrogens is 1. The lowest BCUT2D eigenvalue weighted by Crippen LogP contribution is -2.25. The van der Waals surface area contributed by atoms with E-state index in [9.17, 15) is 4.79 Å². The molecule has 0 saturated carbocycles. The van der Waals surface area contributed by atoms with Crippen LogP contribution in [0.2, 0.25) is 0 Å². The lowest BCUT2D eigenvalue weighted by Gasteiger charge is -2.16. The molecule has 0 aliphatic carbocycles. The first-order valence-corrected chi connectivity index (χ1v) is 6.29. The highest BCUT2D eigenvalue weighted by molar-refractivity contribution is 9.11. The van der Waals surface area contributed by atoms with Crippen LogP contribution in [0.5, 0.6) is 0 Å². The van der Waals surface area contributed by atoms with Crippen molar-refractivity contribution in [2.24, 2.45) is 5.92 Å². The van der Waals surface area contributed by atoms with Crippen LogP contribution < -0.4 is 4.90 Å². The Kier molecular flexibility index (Phi) is 3.31. The molecule has 16 heavy (non-hydrogen) atoms. The zero-order valence-corrected chi connectivity index (χ0v) is 11.5. The minimum atomic E-state index is 0.00282. The van der Waals surface area contributed by atoms with E-state index < -0.39 is 0 Å². The molecule has 0 aromatic carbocycles. The van der Waals surface area contributed by atoms with Gasteiger partial charge < -0.3 is 4.90 Å². The summed E-state index contributed by atoms with van der Waals surface area (Å²) >= 11 is 6.61. The van der Waals surface area contributed by atoms with Gasteiger partial charge in [-0.3, -0.25) is 4.79 Å². The van der Waals surface area contributed by atoms with Crippen molar-refractivity contribution in [3.63, 3.8) is 0 Å². The maximum Gasteiger partial charge on any atom is 0.228 e. The van der Waals surface area contributed by atoms with Crippen LogP contribution in [-0.4, -0.2) is 17.4 Å². The monoisotopic (exact) mass is 342 g/mol. The van der Waals surface area contributed by atoms with Crippen LogP contribution in [-0.2, 0) is 4.79 Å². The average molecular weight is 344 g/mol. The average Bonchev–Trinajstić information content (AvgIpc) is 2.60. The normalized spacial score (nSPS) is 19.9. The number of rotatable bonds is 1. The fourth-order valence-electron chi connectivity index (χ4n) is 1.66. The molecule has 1 atom stereocenters. The Morgan fingerprint density at radius 3 is 2.81 bits per heavy atom. The maximum atomic E-state index is 11.8. The van der Waals surface area contributed by atoms with E-state index in [-0.39, 0.29) is 11.8 Å². The summed E-state index contributed by atoms with van der Waals surface area (Å²) in [6, 6.07) is 3.65. The third-order valence-electron chi connectivity index (χ3n) is 2.45. The van der Waals surface area contributed by atoms with E-state index in [1.165, 1.54) is 0 Å². The number of carbonyl (C=O) groups excluding carboxylic acids is 1. The lowest BCUT2D eigenvalue weighted by molar-refractivity contribution is -0.117. The van der Waals surface area contributed by atoms with Gasteiger partial charge in [0.1, 0.15) is 9.21 Å². The van der Waals surface area contributed by atoms with Crippen molar-refractivity contribution in [1.82, 2.24) is 4.98 Å². The molecule has 1 aromatic heterocycles. The molecule has 82 valence electrons. The Morgan fingerprint density at radius 2 is 2.25 bits per heavy atom. The van der Waals surface area contributed by atoms with Gasteiger partial charge in [-0.05, 0) is 44.0 Å². The molecule has 1 fully saturated rings. The molecule has 1 amide bonds. The summed E-state index contributed by atoms with van der Waals surface area (Å²) in [4.78, 5) is 17.6. The summed E-state index contributed by atoms with van der Waals surface area (Å²) < 4.78 is 1.37. The van der Waals surface area contributed by atoms with Gasteiger partial charge in [0.2, 0.25) is 5.91 Å². The zero-order chi connectivity index (χ0) is 11.7. The summed E-state index contributed by atoms with van der Waals surface area (Å²) in [6.07, 6.45) is 5.75. The van der Waals surface area contributed by atoms with Crippen molar-refractivity contribution in [2.75, 3.05) is 11.4 Å². The number of pyridine rings is 1. The molecular formula is C11H8Br2N2O. The van der Waals surface area contributed by atoms with Crippen LogP contribution >= 0.6 is 31.9 Å². The second kappa shape index (κ2) is 4.56. The molecule has 1 aliphatic rings. The van der Waals surface area contributed by atoms with Crippen LogP contribution in [0, 0.1) is 18.3 Å². The van der Waals surface area contributed by atoms with Gasteiger partial charge in [0.05, 0.1) is 5.69 Å². The molecular weight excluding hydrogens is 336 g/mol. The molecule has 1 aromatic rings. The SMILES string of the molecule is C#CC1CC(=O)N(c2ccc(Br)nc2Br)C1. The maximum absolute atomic E-state index is 11.8. The number of anilines is 1. The summed E-state index contributed by atoms with van der Waals surface area (Å²) in [5.41, 5.74) is 0.769. The topological polar surface area (TPSA) is 33.2 Å². The molecule has 0 spiro atoms. The van der Waals surface area contributed by atoms with E-state index in [2.05, 4.69) is 42.8 Å². The van der Waals surface area contributed by atoms with Crippen molar-refractivity contribution < 1.29 is 4.79 Å². The molecule has 1 unspecified atom stereocenters. The number of carbonyl (C=O) groups is 1. The molecule has 0 N–H and O–H groups in total. The van der Waals surface area contributed by atoms with Crippen LogP contribution in [0.1, 0.15) is 6.42 Å². The molecule has 0 bridgehead atoms. The van der Waals surface area contributed by atoms with Crippen molar-refractivity contribution >= 4 is 43.5 Å². The standard InChI is InChI=1S/C11H8Br2N2O/c1-2-7-5-10(16)15(6-7)8-3-4-9(12)14-11(8)13/h1,3-4,7H,5-6H2. The highest BCUT2D eigenvalue weighted by Crippen LogP contribution is 2.31. The zero-order valence-electron chi connectivity index (χ0n) is 8.28. The van der Waals surface area contributed by atoms with E-state index in [1.807, 2.05) is 6.07 Å². The first-order chi connectivity index (χ1) is 7.61. The lowest BCUT2D eigenvalue weighted by atomic mass is 10.1. The molecule has 3 nitrogen and oxygen atoms in total. The fourth-order valence-corrected chi connectivity index (χ4v) is 2.74. The fraction of sp³-hybridized carbons (Fsp3) is 0.273. The molecule has 1 aliphatic heterocycles. The summed E-state index contributed by atoms with van der Waals surface area (Å²) in [5.74, 6) is 2.67. The second-order valence-corrected chi connectivity index (χ2v) is 5.08. The van der Waals surface area contributed by atoms with E-state index in [0.29, 0.717) is 17.6 Å². The summed E-state index contributed by atoms with van der Waals surface area (Å²) in [5, 5.41) is 0. The Balaban J connectivity index is 2.32. The number of nitrogens with zero attached hydrogens (tertiary/aromatic N) is 2. The predicted octanol–water partition coefficient (Wildman–Crippen LogP) is 2.59. The van der Waals surface area contributed by atoms with Crippen molar-refractivity contribution in [1.29, 1.82) is 0 Å². The smallest absolute Gasteiger partial charge is 0.228 e. The van der Waals surface area contributed by atoms with Crippen LogP contribution in [0.15, 0.2) is 21.3 Å². The molecule has 0 radical (unpaired) electrons. The van der Waals surface area contributed by atoms with Gasteiger partial charge in [-0.2, -0.15) is 0 Å². The third kappa shape index (κ3) is 2.13. The van der Waals surface area contributed by atoms with Gasteiger partial charge in [0.25, 0.3) is 0 Å². The highest BCUT2D eigenvalue weighted by atomic mass is 79.9. The van der Waals surface area contributed by atoms with E-state index >= 15 is 0 Å². The van der Waals surface area contributed by atoms with Gasteiger partial charge in [-0.15, -0.1) is 12.3 Å². The van der Waals surface area contributed by atoms with Crippen LogP contribution in [0.25, 0.3) is 0 Å². The quantitative estimate of drug-likeness (QED) is 0.580.